The second-order valence-corrected chi connectivity index (χ2v) is 11.9. The van der Waals surface area contributed by atoms with Crippen LogP contribution in [0.15, 0.2) is 143 Å². The third kappa shape index (κ3) is 3.05. The molecule has 0 amide bonds. The minimum absolute atomic E-state index is 0.757. The predicted octanol–water partition coefficient (Wildman–Crippen LogP) is 10.5. The molecule has 0 saturated carbocycles. The third-order valence-electron chi connectivity index (χ3n) is 9.51. The summed E-state index contributed by atoms with van der Waals surface area (Å²) in [6.45, 7) is 0. The number of nitrogens with zero attached hydrogens (tertiary/aromatic N) is 4. The number of pyridine rings is 2. The van der Waals surface area contributed by atoms with Crippen LogP contribution in [0.2, 0.25) is 0 Å². The average molecular weight is 591 g/mol. The van der Waals surface area contributed by atoms with Gasteiger partial charge in [-0.1, -0.05) is 36.4 Å². The molecule has 0 atom stereocenters. The molecule has 0 N–H and O–H groups in total. The van der Waals surface area contributed by atoms with Gasteiger partial charge in [-0.3, -0.25) is 9.97 Å². The van der Waals surface area contributed by atoms with Gasteiger partial charge in [-0.25, -0.2) is 0 Å². The summed E-state index contributed by atoms with van der Waals surface area (Å²) in [6.07, 6.45) is 7.59. The average Bonchev–Trinajstić information content (AvgIpc) is 3.85. The summed E-state index contributed by atoms with van der Waals surface area (Å²) in [5.74, 6) is 0. The van der Waals surface area contributed by atoms with E-state index in [1.54, 1.807) is 0 Å². The molecule has 0 unspecified atom stereocenters. The maximum absolute atomic E-state index is 6.53. The second-order valence-electron chi connectivity index (χ2n) is 11.9. The van der Waals surface area contributed by atoms with Crippen molar-refractivity contribution < 1.29 is 8.83 Å². The highest BCUT2D eigenvalue weighted by atomic mass is 16.4. The Balaban J connectivity index is 1.13. The molecule has 6 nitrogen and oxygen atoms in total. The van der Waals surface area contributed by atoms with Crippen molar-refractivity contribution in [2.75, 3.05) is 0 Å². The minimum Gasteiger partial charge on any atom is -0.452 e. The van der Waals surface area contributed by atoms with Crippen LogP contribution in [0, 0.1) is 0 Å². The Morgan fingerprint density at radius 1 is 0.391 bits per heavy atom. The fourth-order valence-electron chi connectivity index (χ4n) is 7.52. The van der Waals surface area contributed by atoms with Crippen molar-refractivity contribution in [1.82, 2.24) is 19.1 Å². The Labute approximate surface area is 260 Å². The van der Waals surface area contributed by atoms with E-state index in [-0.39, 0.29) is 0 Å². The molecule has 6 aromatic heterocycles. The van der Waals surface area contributed by atoms with Crippen LogP contribution in [0.3, 0.4) is 0 Å². The summed E-state index contributed by atoms with van der Waals surface area (Å²) in [5.41, 5.74) is 9.72. The van der Waals surface area contributed by atoms with E-state index in [0.717, 1.165) is 77.3 Å². The Bertz CT molecular complexity index is 2730. The zero-order valence-corrected chi connectivity index (χ0v) is 24.3. The molecule has 11 rings (SSSR count). The highest BCUT2D eigenvalue weighted by Crippen LogP contribution is 2.41. The minimum atomic E-state index is 0.757. The van der Waals surface area contributed by atoms with Crippen LogP contribution in [-0.2, 0) is 0 Å². The quantitative estimate of drug-likeness (QED) is 0.201. The van der Waals surface area contributed by atoms with E-state index < -0.39 is 0 Å². The lowest BCUT2D eigenvalue weighted by Gasteiger charge is -2.07. The zero-order chi connectivity index (χ0) is 29.9. The molecule has 46 heavy (non-hydrogen) atoms. The van der Waals surface area contributed by atoms with Crippen LogP contribution in [0.25, 0.3) is 98.9 Å². The third-order valence-corrected chi connectivity index (χ3v) is 9.51. The van der Waals surface area contributed by atoms with E-state index in [4.69, 9.17) is 8.83 Å². The molecule has 0 aliphatic carbocycles. The lowest BCUT2D eigenvalue weighted by molar-refractivity contribution is 0.633. The number of furan rings is 2. The summed E-state index contributed by atoms with van der Waals surface area (Å²) in [4.78, 5) is 8.89. The maximum Gasteiger partial charge on any atom is 0.178 e. The Morgan fingerprint density at radius 3 is 1.35 bits per heavy atom. The number of hydrogen-bond acceptors (Lipinski definition) is 4. The van der Waals surface area contributed by atoms with Gasteiger partial charge in [0, 0.05) is 66.9 Å². The van der Waals surface area contributed by atoms with Gasteiger partial charge < -0.3 is 18.0 Å². The van der Waals surface area contributed by atoms with Crippen molar-refractivity contribution in [2.45, 2.75) is 0 Å². The van der Waals surface area contributed by atoms with Crippen LogP contribution < -0.4 is 0 Å². The van der Waals surface area contributed by atoms with Crippen molar-refractivity contribution in [2.24, 2.45) is 0 Å². The van der Waals surface area contributed by atoms with Crippen LogP contribution in [0.5, 0.6) is 0 Å². The molecule has 214 valence electrons. The van der Waals surface area contributed by atoms with Crippen LogP contribution in [0.1, 0.15) is 0 Å². The first-order valence-corrected chi connectivity index (χ1v) is 15.3. The number of fused-ring (bicyclic) bond motifs is 13. The number of benzene rings is 5. The molecule has 6 heteroatoms. The molecule has 6 heterocycles. The van der Waals surface area contributed by atoms with Crippen molar-refractivity contribution in [3.05, 3.63) is 134 Å². The van der Waals surface area contributed by atoms with E-state index in [1.807, 2.05) is 24.8 Å². The first-order valence-electron chi connectivity index (χ1n) is 15.3. The van der Waals surface area contributed by atoms with Gasteiger partial charge >= 0.3 is 0 Å². The normalized spacial score (nSPS) is 12.3. The van der Waals surface area contributed by atoms with Crippen molar-refractivity contribution in [3.8, 4) is 11.4 Å². The highest BCUT2D eigenvalue weighted by molar-refractivity contribution is 6.20. The van der Waals surface area contributed by atoms with Gasteiger partial charge in [0.2, 0.25) is 0 Å². The van der Waals surface area contributed by atoms with Crippen molar-refractivity contribution in [3.63, 3.8) is 0 Å². The molecule has 0 radical (unpaired) electrons. The largest absolute Gasteiger partial charge is 0.452 e. The smallest absolute Gasteiger partial charge is 0.178 e. The van der Waals surface area contributed by atoms with Gasteiger partial charge in [-0.05, 0) is 72.8 Å². The van der Waals surface area contributed by atoms with Gasteiger partial charge in [-0.2, -0.15) is 0 Å². The van der Waals surface area contributed by atoms with Crippen molar-refractivity contribution >= 4 is 87.5 Å². The van der Waals surface area contributed by atoms with Gasteiger partial charge in [0.1, 0.15) is 11.2 Å². The second kappa shape index (κ2) is 8.61. The lowest BCUT2D eigenvalue weighted by Crippen LogP contribution is -1.93. The fraction of sp³-hybridized carbons (Fsp3) is 0. The summed E-state index contributed by atoms with van der Waals surface area (Å²) in [6, 6.07) is 38.3. The van der Waals surface area contributed by atoms with Gasteiger partial charge in [0.15, 0.2) is 11.2 Å². The van der Waals surface area contributed by atoms with Gasteiger partial charge in [-0.15, -0.1) is 0 Å². The fourth-order valence-corrected chi connectivity index (χ4v) is 7.52. The first-order chi connectivity index (χ1) is 22.8. The summed E-state index contributed by atoms with van der Waals surface area (Å²) in [5, 5.41) is 8.92. The number of hydrogen-bond donors (Lipinski definition) is 0. The maximum atomic E-state index is 6.53. The molecule has 0 bridgehead atoms. The van der Waals surface area contributed by atoms with Gasteiger partial charge in [0.25, 0.3) is 0 Å². The summed E-state index contributed by atoms with van der Waals surface area (Å²) in [7, 11) is 0. The number of aromatic nitrogens is 4. The summed E-state index contributed by atoms with van der Waals surface area (Å²) >= 11 is 0. The molecule has 5 aromatic carbocycles. The first kappa shape index (κ1) is 24.0. The van der Waals surface area contributed by atoms with E-state index in [9.17, 15) is 0 Å². The van der Waals surface area contributed by atoms with E-state index in [2.05, 4.69) is 128 Å². The Morgan fingerprint density at radius 2 is 0.848 bits per heavy atom. The molecule has 0 aliphatic heterocycles. The predicted molar refractivity (Wildman–Crippen MR) is 185 cm³/mol. The van der Waals surface area contributed by atoms with Crippen LogP contribution in [-0.4, -0.2) is 19.1 Å². The summed E-state index contributed by atoms with van der Waals surface area (Å²) < 4.78 is 17.6. The Kier molecular flexibility index (Phi) is 4.49. The molecule has 0 saturated heterocycles. The monoisotopic (exact) mass is 590 g/mol. The van der Waals surface area contributed by atoms with Crippen LogP contribution in [0.4, 0.5) is 0 Å². The van der Waals surface area contributed by atoms with E-state index >= 15 is 0 Å². The molecular formula is C40H22N4O2. The SMILES string of the molecule is c1ccc2c(c1)c1ccncc1n2-c1ccc2oc3c(ccc4c5cc(-n6c7ccccc7c7ccncc76)ccc5oc43)c2c1. The number of para-hydroxylation sites is 2. The van der Waals surface area contributed by atoms with E-state index in [1.165, 1.54) is 21.5 Å². The van der Waals surface area contributed by atoms with Crippen molar-refractivity contribution in [1.29, 1.82) is 0 Å². The molecular weight excluding hydrogens is 568 g/mol. The zero-order valence-electron chi connectivity index (χ0n) is 24.3. The molecule has 11 aromatic rings. The standard InChI is InChI=1S/C40H22N4O2/c1-3-7-33-25(5-1)27-15-17-41-21-35(27)43(33)23-9-13-37-31(19-23)29-11-12-30-32-20-24(10-14-38(32)46-40(30)39(29)45-37)44-34-8-4-2-6-26(34)28-16-18-42-22-36(28)44/h1-22H. The lowest BCUT2D eigenvalue weighted by atomic mass is 10.1. The highest BCUT2D eigenvalue weighted by Gasteiger charge is 2.19. The number of rotatable bonds is 2. The topological polar surface area (TPSA) is 61.9 Å². The van der Waals surface area contributed by atoms with E-state index in [0.29, 0.717) is 0 Å². The molecule has 0 fully saturated rings. The van der Waals surface area contributed by atoms with Crippen LogP contribution >= 0.6 is 0 Å². The molecule has 0 spiro atoms. The Hall–Kier alpha value is -6.40. The van der Waals surface area contributed by atoms with Gasteiger partial charge in [0.05, 0.1) is 34.5 Å². The molecule has 0 aliphatic rings.